The molecule has 0 amide bonds. The molecule has 0 N–H and O–H groups in total. The van der Waals surface area contributed by atoms with Crippen LogP contribution in [0, 0.1) is 41.5 Å². The van der Waals surface area contributed by atoms with Crippen LogP contribution in [0.15, 0.2) is 11.1 Å². The first-order valence-corrected chi connectivity index (χ1v) is 11.3. The molecule has 1 aliphatic heterocycles. The van der Waals surface area contributed by atoms with Crippen molar-refractivity contribution in [1.82, 2.24) is 19.0 Å². The van der Waals surface area contributed by atoms with Gasteiger partial charge in [0.15, 0.2) is 0 Å². The van der Waals surface area contributed by atoms with E-state index < -0.39 is 10.0 Å². The lowest BCUT2D eigenvalue weighted by atomic mass is 9.95. The lowest BCUT2D eigenvalue weighted by Gasteiger charge is -2.34. The maximum Gasteiger partial charge on any atom is 0.243 e. The Labute approximate surface area is 169 Å². The minimum absolute atomic E-state index is 0.504. The fourth-order valence-corrected chi connectivity index (χ4v) is 6.14. The van der Waals surface area contributed by atoms with Crippen LogP contribution in [0.1, 0.15) is 39.1 Å². The summed E-state index contributed by atoms with van der Waals surface area (Å²) in [7, 11) is -1.57. The van der Waals surface area contributed by atoms with Crippen LogP contribution in [0.2, 0.25) is 0 Å². The van der Waals surface area contributed by atoms with E-state index >= 15 is 0 Å². The van der Waals surface area contributed by atoms with E-state index in [0.717, 1.165) is 47.6 Å². The van der Waals surface area contributed by atoms with Gasteiger partial charge in [-0.3, -0.25) is 9.58 Å². The number of aryl methyl sites for hydroxylation is 2. The number of rotatable bonds is 4. The molecule has 0 spiro atoms. The summed E-state index contributed by atoms with van der Waals surface area (Å²) < 4.78 is 30.4. The second-order valence-electron chi connectivity index (χ2n) is 8.05. The highest BCUT2D eigenvalue weighted by Gasteiger charge is 2.32. The third-order valence-corrected chi connectivity index (χ3v) is 8.54. The Morgan fingerprint density at radius 2 is 1.36 bits per heavy atom. The molecule has 2 heterocycles. The third kappa shape index (κ3) is 3.63. The summed E-state index contributed by atoms with van der Waals surface area (Å²) in [6.45, 7) is 15.3. The molecule has 6 nitrogen and oxygen atoms in total. The van der Waals surface area contributed by atoms with Gasteiger partial charge in [0, 0.05) is 51.5 Å². The molecule has 0 unspecified atom stereocenters. The number of benzene rings is 1. The van der Waals surface area contributed by atoms with Gasteiger partial charge in [-0.2, -0.15) is 9.40 Å². The van der Waals surface area contributed by atoms with Crippen molar-refractivity contribution in [2.24, 2.45) is 7.05 Å². The minimum atomic E-state index is -3.50. The number of hydrogen-bond acceptors (Lipinski definition) is 4. The van der Waals surface area contributed by atoms with Crippen LogP contribution >= 0.6 is 0 Å². The maximum absolute atomic E-state index is 13.5. The van der Waals surface area contributed by atoms with Crippen molar-refractivity contribution < 1.29 is 8.42 Å². The monoisotopic (exact) mass is 404 g/mol. The summed E-state index contributed by atoms with van der Waals surface area (Å²) in [6, 6.07) is 0. The number of sulfonamides is 1. The molecule has 154 valence electrons. The molecular formula is C21H32N4O2S. The van der Waals surface area contributed by atoms with Gasteiger partial charge in [-0.25, -0.2) is 8.42 Å². The Hall–Kier alpha value is -1.70. The fraction of sp³-hybridized carbons (Fsp3) is 0.571. The molecule has 1 aromatic heterocycles. The van der Waals surface area contributed by atoms with Crippen LogP contribution in [0.5, 0.6) is 0 Å². The van der Waals surface area contributed by atoms with Gasteiger partial charge in [0.2, 0.25) is 10.0 Å². The second-order valence-corrected chi connectivity index (χ2v) is 9.92. The van der Waals surface area contributed by atoms with Crippen molar-refractivity contribution in [2.45, 2.75) is 53.0 Å². The molecule has 1 aromatic carbocycles. The first-order valence-electron chi connectivity index (χ1n) is 9.82. The predicted octanol–water partition coefficient (Wildman–Crippen LogP) is 2.78. The van der Waals surface area contributed by atoms with Gasteiger partial charge in [-0.05, 0) is 69.4 Å². The summed E-state index contributed by atoms with van der Waals surface area (Å²) in [6.07, 6.45) is 2.04. The van der Waals surface area contributed by atoms with Crippen molar-refractivity contribution in [3.63, 3.8) is 0 Å². The molecule has 1 fully saturated rings. The molecule has 0 bridgehead atoms. The smallest absolute Gasteiger partial charge is 0.243 e. The molecule has 1 saturated heterocycles. The first kappa shape index (κ1) is 21.0. The van der Waals surface area contributed by atoms with Crippen LogP contribution in [0.25, 0.3) is 0 Å². The van der Waals surface area contributed by atoms with Crippen LogP contribution in [0.4, 0.5) is 0 Å². The first-order chi connectivity index (χ1) is 13.0. The summed E-state index contributed by atoms with van der Waals surface area (Å²) in [5, 5.41) is 4.40. The van der Waals surface area contributed by atoms with Gasteiger partial charge >= 0.3 is 0 Å². The predicted molar refractivity (Wildman–Crippen MR) is 112 cm³/mol. The summed E-state index contributed by atoms with van der Waals surface area (Å²) in [4.78, 5) is 2.81. The molecule has 0 aliphatic carbocycles. The zero-order valence-corrected chi connectivity index (χ0v) is 18.9. The Kier molecular flexibility index (Phi) is 5.71. The van der Waals surface area contributed by atoms with Crippen LogP contribution in [0.3, 0.4) is 0 Å². The largest absolute Gasteiger partial charge is 0.296 e. The summed E-state index contributed by atoms with van der Waals surface area (Å²) >= 11 is 0. The lowest BCUT2D eigenvalue weighted by Crippen LogP contribution is -2.48. The van der Waals surface area contributed by atoms with Gasteiger partial charge in [-0.1, -0.05) is 0 Å². The van der Waals surface area contributed by atoms with Gasteiger partial charge in [0.1, 0.15) is 0 Å². The Morgan fingerprint density at radius 1 is 0.857 bits per heavy atom. The molecule has 0 saturated carbocycles. The van der Waals surface area contributed by atoms with E-state index in [2.05, 4.69) is 16.9 Å². The Bertz CT molecular complexity index is 971. The van der Waals surface area contributed by atoms with Gasteiger partial charge in [0.05, 0.1) is 10.6 Å². The zero-order chi connectivity index (χ0) is 20.8. The van der Waals surface area contributed by atoms with E-state index in [1.165, 1.54) is 11.1 Å². The molecule has 1 aliphatic rings. The highest BCUT2D eigenvalue weighted by Crippen LogP contribution is 2.32. The van der Waals surface area contributed by atoms with E-state index in [0.29, 0.717) is 18.0 Å². The van der Waals surface area contributed by atoms with Gasteiger partial charge < -0.3 is 0 Å². The highest BCUT2D eigenvalue weighted by molar-refractivity contribution is 7.89. The van der Waals surface area contributed by atoms with Crippen molar-refractivity contribution in [2.75, 3.05) is 26.2 Å². The van der Waals surface area contributed by atoms with Crippen LogP contribution < -0.4 is 0 Å². The second kappa shape index (κ2) is 7.61. The maximum atomic E-state index is 13.5. The molecule has 0 atom stereocenters. The number of nitrogens with zero attached hydrogens (tertiary/aromatic N) is 4. The summed E-state index contributed by atoms with van der Waals surface area (Å²) in [5.74, 6) is 0. The van der Waals surface area contributed by atoms with Crippen molar-refractivity contribution >= 4 is 10.0 Å². The molecule has 0 radical (unpaired) electrons. The number of aromatic nitrogens is 2. The van der Waals surface area contributed by atoms with Gasteiger partial charge in [-0.15, -0.1) is 0 Å². The van der Waals surface area contributed by atoms with E-state index in [-0.39, 0.29) is 0 Å². The van der Waals surface area contributed by atoms with Crippen molar-refractivity contribution in [1.29, 1.82) is 0 Å². The number of hydrogen-bond donors (Lipinski definition) is 0. The Balaban J connectivity index is 1.80. The normalized spacial score (nSPS) is 16.7. The fourth-order valence-electron chi connectivity index (χ4n) is 4.15. The van der Waals surface area contributed by atoms with Crippen molar-refractivity contribution in [3.05, 3.63) is 45.3 Å². The van der Waals surface area contributed by atoms with E-state index in [4.69, 9.17) is 0 Å². The van der Waals surface area contributed by atoms with Crippen molar-refractivity contribution in [3.8, 4) is 0 Å². The minimum Gasteiger partial charge on any atom is -0.296 e. The van der Waals surface area contributed by atoms with E-state index in [1.54, 1.807) is 4.31 Å². The molecule has 7 heteroatoms. The van der Waals surface area contributed by atoms with Gasteiger partial charge in [0.25, 0.3) is 0 Å². The van der Waals surface area contributed by atoms with E-state index in [1.807, 2.05) is 52.5 Å². The SMILES string of the molecule is Cc1nn(C)cc1CN1CCN(S(=O)(=O)c2c(C)c(C)c(C)c(C)c2C)CC1. The zero-order valence-electron chi connectivity index (χ0n) is 18.1. The molecule has 28 heavy (non-hydrogen) atoms. The molecular weight excluding hydrogens is 372 g/mol. The lowest BCUT2D eigenvalue weighted by molar-refractivity contribution is 0.181. The third-order valence-electron chi connectivity index (χ3n) is 6.37. The van der Waals surface area contributed by atoms with Crippen LogP contribution in [-0.2, 0) is 23.6 Å². The summed E-state index contributed by atoms with van der Waals surface area (Å²) in [5.41, 5.74) is 7.35. The van der Waals surface area contributed by atoms with E-state index in [9.17, 15) is 8.42 Å². The highest BCUT2D eigenvalue weighted by atomic mass is 32.2. The average Bonchev–Trinajstić information content (AvgIpc) is 2.95. The number of piperazine rings is 1. The topological polar surface area (TPSA) is 58.4 Å². The quantitative estimate of drug-likeness (QED) is 0.786. The van der Waals surface area contributed by atoms with Crippen LogP contribution in [-0.4, -0.2) is 53.6 Å². The standard InChI is InChI=1S/C21H32N4O2S/c1-14-15(2)17(4)21(18(5)16(14)3)28(26,27)25-10-8-24(9-11-25)13-20-12-23(7)22-19(20)6/h12H,8-11,13H2,1-7H3. The molecule has 3 rings (SSSR count). The Morgan fingerprint density at radius 3 is 1.82 bits per heavy atom. The average molecular weight is 405 g/mol. The molecule has 2 aromatic rings.